The Kier molecular flexibility index (Phi) is 5.69. The highest BCUT2D eigenvalue weighted by Crippen LogP contribution is 2.47. The molecule has 5 rings (SSSR count). The number of ether oxygens (including phenoxy) is 3. The molecular weight excluding hydrogens is 456 g/mol. The smallest absolute Gasteiger partial charge is 0.226 e. The molecule has 0 bridgehead atoms. The van der Waals surface area contributed by atoms with E-state index in [0.29, 0.717) is 52.5 Å². The molecule has 0 saturated carbocycles. The first kappa shape index (κ1) is 22.3. The molecule has 0 spiro atoms. The minimum absolute atomic E-state index is 0.0483. The van der Waals surface area contributed by atoms with Crippen molar-refractivity contribution >= 4 is 23.3 Å². The Hall–Kier alpha value is -3.52. The number of rotatable bonds is 5. The third kappa shape index (κ3) is 3.68. The van der Waals surface area contributed by atoms with Gasteiger partial charge in [0.1, 0.15) is 11.9 Å². The molecule has 2 aliphatic rings. The molecule has 34 heavy (non-hydrogen) atoms. The van der Waals surface area contributed by atoms with Crippen LogP contribution in [0.15, 0.2) is 47.7 Å². The van der Waals surface area contributed by atoms with Crippen LogP contribution in [0.25, 0.3) is 0 Å². The zero-order chi connectivity index (χ0) is 24.0. The van der Waals surface area contributed by atoms with Gasteiger partial charge in [-0.1, -0.05) is 23.7 Å². The minimum Gasteiger partial charge on any atom is -0.493 e. The van der Waals surface area contributed by atoms with Crippen molar-refractivity contribution in [2.75, 3.05) is 26.6 Å². The van der Waals surface area contributed by atoms with E-state index in [2.05, 4.69) is 15.4 Å². The van der Waals surface area contributed by atoms with E-state index in [0.717, 1.165) is 16.8 Å². The number of aryl methyl sites for hydroxylation is 1. The minimum atomic E-state index is -0.472. The summed E-state index contributed by atoms with van der Waals surface area (Å²) in [4.78, 5) is 18.2. The quantitative estimate of drug-likeness (QED) is 0.567. The topological polar surface area (TPSA) is 87.5 Å². The maximum Gasteiger partial charge on any atom is 0.226 e. The number of fused-ring (bicyclic) bond motifs is 1. The standard InChI is InChI=1S/C25H25ClN4O4/c1-13-27-25-28-18-9-15(14-5-7-17(26)8-6-14)10-19(31)22(18)23(30(25)29-13)16-11-20(32-2)24(34-4)21(12-16)33-3/h5-8,11-12,15,23H,9-10H2,1-4H3,(H,27,28,29)/t15-,23+/m0/s1. The van der Waals surface area contributed by atoms with Crippen LogP contribution in [0.1, 0.15) is 41.8 Å². The lowest BCUT2D eigenvalue weighted by Crippen LogP contribution is -2.33. The van der Waals surface area contributed by atoms with Crippen LogP contribution in [0.5, 0.6) is 17.2 Å². The molecule has 2 heterocycles. The van der Waals surface area contributed by atoms with Crippen LogP contribution in [-0.4, -0.2) is 41.9 Å². The van der Waals surface area contributed by atoms with Gasteiger partial charge in [0.15, 0.2) is 17.3 Å². The van der Waals surface area contributed by atoms with Crippen molar-refractivity contribution in [3.05, 3.63) is 69.6 Å². The number of hydrogen-bond donors (Lipinski definition) is 1. The zero-order valence-electron chi connectivity index (χ0n) is 19.4. The number of ketones is 1. The van der Waals surface area contributed by atoms with Gasteiger partial charge < -0.3 is 19.5 Å². The highest BCUT2D eigenvalue weighted by molar-refractivity contribution is 6.30. The van der Waals surface area contributed by atoms with Crippen molar-refractivity contribution in [3.63, 3.8) is 0 Å². The average molecular weight is 481 g/mol. The van der Waals surface area contributed by atoms with Crippen molar-refractivity contribution in [2.45, 2.75) is 31.7 Å². The molecular formula is C25H25ClN4O4. The highest BCUT2D eigenvalue weighted by atomic mass is 35.5. The number of nitrogens with zero attached hydrogens (tertiary/aromatic N) is 3. The first-order chi connectivity index (χ1) is 16.4. The number of halogens is 1. The van der Waals surface area contributed by atoms with Crippen LogP contribution in [-0.2, 0) is 4.79 Å². The summed E-state index contributed by atoms with van der Waals surface area (Å²) in [6.07, 6.45) is 1.07. The van der Waals surface area contributed by atoms with Crippen molar-refractivity contribution < 1.29 is 19.0 Å². The molecule has 0 amide bonds. The molecule has 2 atom stereocenters. The van der Waals surface area contributed by atoms with E-state index in [1.165, 1.54) is 0 Å². The fraction of sp³-hybridized carbons (Fsp3) is 0.320. The summed E-state index contributed by atoms with van der Waals surface area (Å²) >= 11 is 6.07. The lowest BCUT2D eigenvalue weighted by Gasteiger charge is -2.35. The first-order valence-corrected chi connectivity index (χ1v) is 11.3. The summed E-state index contributed by atoms with van der Waals surface area (Å²) in [5, 5.41) is 8.65. The summed E-state index contributed by atoms with van der Waals surface area (Å²) in [7, 11) is 4.70. The van der Waals surface area contributed by atoms with Gasteiger partial charge in [-0.05, 0) is 54.7 Å². The van der Waals surface area contributed by atoms with Gasteiger partial charge in [0.05, 0.1) is 21.3 Å². The van der Waals surface area contributed by atoms with Gasteiger partial charge in [0, 0.05) is 22.7 Å². The molecule has 1 aliphatic carbocycles. The molecule has 1 aliphatic heterocycles. The Morgan fingerprint density at radius 2 is 1.68 bits per heavy atom. The molecule has 0 fully saturated rings. The van der Waals surface area contributed by atoms with Gasteiger partial charge in [-0.15, -0.1) is 0 Å². The Bertz CT molecular complexity index is 1270. The van der Waals surface area contributed by atoms with Crippen LogP contribution in [0.4, 0.5) is 5.95 Å². The van der Waals surface area contributed by atoms with Crippen molar-refractivity contribution in [2.24, 2.45) is 0 Å². The van der Waals surface area contributed by atoms with Gasteiger partial charge in [-0.25, -0.2) is 4.68 Å². The number of carbonyl (C=O) groups is 1. The van der Waals surface area contributed by atoms with Crippen LogP contribution < -0.4 is 19.5 Å². The number of methoxy groups -OCH3 is 3. The maximum atomic E-state index is 13.6. The van der Waals surface area contributed by atoms with Gasteiger partial charge >= 0.3 is 0 Å². The predicted octanol–water partition coefficient (Wildman–Crippen LogP) is 4.68. The zero-order valence-corrected chi connectivity index (χ0v) is 20.1. The molecule has 1 N–H and O–H groups in total. The van der Waals surface area contributed by atoms with Gasteiger partial charge in [-0.3, -0.25) is 4.79 Å². The van der Waals surface area contributed by atoms with E-state index in [9.17, 15) is 4.79 Å². The SMILES string of the molecule is COc1cc([C@@H]2C3=C(C[C@H](c4ccc(Cl)cc4)CC3=O)Nc3nc(C)nn32)cc(OC)c1OC. The number of allylic oxidation sites excluding steroid dienone is 2. The van der Waals surface area contributed by atoms with Crippen molar-refractivity contribution in [1.29, 1.82) is 0 Å². The Balaban J connectivity index is 1.64. The number of aromatic nitrogens is 3. The third-order valence-electron chi connectivity index (χ3n) is 6.37. The number of hydrogen-bond acceptors (Lipinski definition) is 7. The fourth-order valence-electron chi connectivity index (χ4n) is 4.86. The number of nitrogens with one attached hydrogen (secondary N) is 1. The van der Waals surface area contributed by atoms with Crippen LogP contribution in [0.2, 0.25) is 5.02 Å². The number of benzene rings is 2. The van der Waals surface area contributed by atoms with Crippen LogP contribution >= 0.6 is 11.6 Å². The molecule has 9 heteroatoms. The summed E-state index contributed by atoms with van der Waals surface area (Å²) in [5.41, 5.74) is 3.42. The second-order valence-corrected chi connectivity index (χ2v) is 8.82. The largest absolute Gasteiger partial charge is 0.493 e. The van der Waals surface area contributed by atoms with Crippen LogP contribution in [0, 0.1) is 6.92 Å². The number of Topliss-reactive ketones (excluding diaryl/α,β-unsaturated/α-hetero) is 1. The normalized spacial score (nSPS) is 19.3. The van der Waals surface area contributed by atoms with Crippen molar-refractivity contribution in [3.8, 4) is 17.2 Å². The van der Waals surface area contributed by atoms with E-state index in [4.69, 9.17) is 25.8 Å². The van der Waals surface area contributed by atoms with E-state index in [-0.39, 0.29) is 11.7 Å². The molecule has 0 radical (unpaired) electrons. The summed E-state index contributed by atoms with van der Waals surface area (Å²) in [6.45, 7) is 1.83. The molecule has 1 aromatic heterocycles. The lowest BCUT2D eigenvalue weighted by atomic mass is 9.78. The first-order valence-electron chi connectivity index (χ1n) is 10.9. The second-order valence-electron chi connectivity index (χ2n) is 8.39. The Morgan fingerprint density at radius 1 is 1.00 bits per heavy atom. The lowest BCUT2D eigenvalue weighted by molar-refractivity contribution is -0.116. The number of carbonyl (C=O) groups excluding carboxylic acids is 1. The summed E-state index contributed by atoms with van der Waals surface area (Å²) in [6, 6.07) is 10.9. The Morgan fingerprint density at radius 3 is 2.29 bits per heavy atom. The van der Waals surface area contributed by atoms with E-state index in [1.807, 2.05) is 43.3 Å². The molecule has 0 saturated heterocycles. The summed E-state index contributed by atoms with van der Waals surface area (Å²) < 4.78 is 18.4. The second kappa shape index (κ2) is 8.68. The molecule has 3 aromatic rings. The molecule has 176 valence electrons. The van der Waals surface area contributed by atoms with Gasteiger partial charge in [0.25, 0.3) is 0 Å². The maximum absolute atomic E-state index is 13.6. The van der Waals surface area contributed by atoms with E-state index >= 15 is 0 Å². The Labute approximate surface area is 202 Å². The molecule has 0 unspecified atom stereocenters. The van der Waals surface area contributed by atoms with Crippen molar-refractivity contribution in [1.82, 2.24) is 14.8 Å². The average Bonchev–Trinajstić information content (AvgIpc) is 3.21. The van der Waals surface area contributed by atoms with E-state index in [1.54, 1.807) is 26.0 Å². The molecule has 2 aromatic carbocycles. The molecule has 8 nitrogen and oxygen atoms in total. The van der Waals surface area contributed by atoms with Gasteiger partial charge in [-0.2, -0.15) is 10.1 Å². The number of anilines is 1. The monoisotopic (exact) mass is 480 g/mol. The van der Waals surface area contributed by atoms with Crippen LogP contribution in [0.3, 0.4) is 0 Å². The van der Waals surface area contributed by atoms with Gasteiger partial charge in [0.2, 0.25) is 11.7 Å². The summed E-state index contributed by atoms with van der Waals surface area (Å²) in [5.74, 6) is 2.83. The third-order valence-corrected chi connectivity index (χ3v) is 6.62. The fourth-order valence-corrected chi connectivity index (χ4v) is 4.98. The van der Waals surface area contributed by atoms with E-state index < -0.39 is 6.04 Å². The predicted molar refractivity (Wildman–Crippen MR) is 128 cm³/mol. The highest BCUT2D eigenvalue weighted by Gasteiger charge is 2.40.